The number of nitrogens with zero attached hydrogens (tertiary/aromatic N) is 1. The summed E-state index contributed by atoms with van der Waals surface area (Å²) in [5.41, 5.74) is -0.157. The van der Waals surface area contributed by atoms with Crippen LogP contribution in [0.1, 0.15) is 50.5 Å². The average molecular weight is 393 g/mol. The van der Waals surface area contributed by atoms with Gasteiger partial charge in [0, 0.05) is 24.7 Å². The number of carbonyl (C=O) groups excluding carboxylic acids is 1. The average Bonchev–Trinajstić information content (AvgIpc) is 2.89. The minimum atomic E-state index is -0.847. The monoisotopic (exact) mass is 393 g/mol. The number of carbonyl (C=O) groups is 2. The van der Waals surface area contributed by atoms with E-state index < -0.39 is 28.7 Å². The number of nitro benzene ring substituents is 1. The number of ketones is 1. The van der Waals surface area contributed by atoms with Crippen LogP contribution in [0.4, 0.5) is 10.1 Å². The first-order chi connectivity index (χ1) is 13.3. The van der Waals surface area contributed by atoms with Gasteiger partial charge in [0.25, 0.3) is 5.69 Å². The summed E-state index contributed by atoms with van der Waals surface area (Å²) < 4.78 is 13.3. The first-order valence-corrected chi connectivity index (χ1v) is 9.34. The molecule has 0 bridgehead atoms. The Hall–Kier alpha value is -2.61. The quantitative estimate of drug-likeness (QED) is 0.355. The lowest BCUT2D eigenvalue weighted by atomic mass is 9.88. The Morgan fingerprint density at radius 3 is 2.68 bits per heavy atom. The van der Waals surface area contributed by atoms with E-state index in [1.165, 1.54) is 12.1 Å². The maximum absolute atomic E-state index is 13.3. The van der Waals surface area contributed by atoms with Crippen molar-refractivity contribution in [2.45, 2.75) is 51.0 Å². The summed E-state index contributed by atoms with van der Waals surface area (Å²) in [5.74, 6) is -2.39. The Kier molecular flexibility index (Phi) is 7.80. The number of hydrogen-bond donors (Lipinski definition) is 2. The predicted octanol–water partition coefficient (Wildman–Crippen LogP) is 3.74. The molecule has 2 rings (SSSR count). The number of halogens is 1. The third kappa shape index (κ3) is 5.95. The Labute approximate surface area is 162 Å². The normalized spacial score (nSPS) is 22.1. The molecule has 1 aromatic rings. The Balaban J connectivity index is 2.00. The first kappa shape index (κ1) is 21.7. The first-order valence-electron chi connectivity index (χ1n) is 9.34. The highest BCUT2D eigenvalue weighted by atomic mass is 19.1. The SMILES string of the molecule is O=C(O)CCCCCCC1C(=O)CC(O)C1C=Cc1ccc(F)cc1[N+](=O)[O-]. The topological polar surface area (TPSA) is 118 Å². The van der Waals surface area contributed by atoms with E-state index >= 15 is 0 Å². The molecule has 0 spiro atoms. The van der Waals surface area contributed by atoms with Crippen molar-refractivity contribution in [3.63, 3.8) is 0 Å². The van der Waals surface area contributed by atoms with Gasteiger partial charge in [0.05, 0.1) is 22.7 Å². The highest BCUT2D eigenvalue weighted by Gasteiger charge is 2.39. The van der Waals surface area contributed by atoms with Gasteiger partial charge in [-0.2, -0.15) is 0 Å². The molecule has 2 N–H and O–H groups in total. The summed E-state index contributed by atoms with van der Waals surface area (Å²) in [6.07, 6.45) is 5.86. The molecule has 28 heavy (non-hydrogen) atoms. The minimum absolute atomic E-state index is 0.0405. The van der Waals surface area contributed by atoms with Crippen LogP contribution in [-0.2, 0) is 9.59 Å². The third-order valence-corrected chi connectivity index (χ3v) is 5.08. The summed E-state index contributed by atoms with van der Waals surface area (Å²) in [7, 11) is 0. The molecule has 0 aliphatic heterocycles. The van der Waals surface area contributed by atoms with Gasteiger partial charge in [-0.25, -0.2) is 4.39 Å². The zero-order chi connectivity index (χ0) is 20.7. The second-order valence-electron chi connectivity index (χ2n) is 7.09. The molecule has 7 nitrogen and oxygen atoms in total. The maximum atomic E-state index is 13.3. The number of Topliss-reactive ketones (excluding diaryl/α,β-unsaturated/α-hetero) is 1. The number of nitro groups is 1. The highest BCUT2D eigenvalue weighted by molar-refractivity contribution is 5.85. The van der Waals surface area contributed by atoms with E-state index in [-0.39, 0.29) is 35.8 Å². The van der Waals surface area contributed by atoms with Crippen LogP contribution in [0.25, 0.3) is 6.08 Å². The van der Waals surface area contributed by atoms with Crippen molar-refractivity contribution in [3.8, 4) is 0 Å². The van der Waals surface area contributed by atoms with Crippen LogP contribution in [0.5, 0.6) is 0 Å². The van der Waals surface area contributed by atoms with Gasteiger partial charge in [0.2, 0.25) is 0 Å². The lowest BCUT2D eigenvalue weighted by Gasteiger charge is -2.17. The molecule has 1 saturated carbocycles. The van der Waals surface area contributed by atoms with Gasteiger partial charge < -0.3 is 10.2 Å². The van der Waals surface area contributed by atoms with Crippen LogP contribution in [-0.4, -0.2) is 33.0 Å². The fraction of sp³-hybridized carbons (Fsp3) is 0.500. The van der Waals surface area contributed by atoms with Crippen LogP contribution < -0.4 is 0 Å². The molecule has 0 heterocycles. The summed E-state index contributed by atoms with van der Waals surface area (Å²) in [6, 6.07) is 3.26. The number of rotatable bonds is 10. The third-order valence-electron chi connectivity index (χ3n) is 5.08. The van der Waals surface area contributed by atoms with E-state index in [2.05, 4.69) is 0 Å². The van der Waals surface area contributed by atoms with Crippen molar-refractivity contribution in [2.75, 3.05) is 0 Å². The second-order valence-corrected chi connectivity index (χ2v) is 7.09. The number of benzene rings is 1. The van der Waals surface area contributed by atoms with Gasteiger partial charge in [-0.05, 0) is 25.0 Å². The lowest BCUT2D eigenvalue weighted by molar-refractivity contribution is -0.385. The number of aliphatic carboxylic acids is 1. The molecule has 0 radical (unpaired) electrons. The van der Waals surface area contributed by atoms with Gasteiger partial charge in [-0.15, -0.1) is 0 Å². The summed E-state index contributed by atoms with van der Waals surface area (Å²) in [4.78, 5) is 33.1. The van der Waals surface area contributed by atoms with Gasteiger partial charge in [-0.3, -0.25) is 19.7 Å². The molecule has 1 fully saturated rings. The Morgan fingerprint density at radius 2 is 2.00 bits per heavy atom. The van der Waals surface area contributed by atoms with E-state index in [9.17, 15) is 29.2 Å². The minimum Gasteiger partial charge on any atom is -0.481 e. The van der Waals surface area contributed by atoms with Gasteiger partial charge >= 0.3 is 5.97 Å². The smallest absolute Gasteiger partial charge is 0.303 e. The number of aliphatic hydroxyl groups excluding tert-OH is 1. The molecule has 3 atom stereocenters. The summed E-state index contributed by atoms with van der Waals surface area (Å²) in [6.45, 7) is 0. The molecule has 0 aromatic heterocycles. The predicted molar refractivity (Wildman–Crippen MR) is 100 cm³/mol. The molecule has 0 saturated heterocycles. The zero-order valence-corrected chi connectivity index (χ0v) is 15.4. The molecular formula is C20H24FNO6. The molecule has 1 aliphatic rings. The van der Waals surface area contributed by atoms with Crippen LogP contribution in [0.2, 0.25) is 0 Å². The number of hydrogen-bond acceptors (Lipinski definition) is 5. The second kappa shape index (κ2) is 10.1. The van der Waals surface area contributed by atoms with Crippen LogP contribution in [0.15, 0.2) is 24.3 Å². The van der Waals surface area contributed by atoms with Crippen LogP contribution >= 0.6 is 0 Å². The van der Waals surface area contributed by atoms with Crippen molar-refractivity contribution in [1.29, 1.82) is 0 Å². The molecule has 152 valence electrons. The maximum Gasteiger partial charge on any atom is 0.303 e. The van der Waals surface area contributed by atoms with Gasteiger partial charge in [0.1, 0.15) is 11.6 Å². The van der Waals surface area contributed by atoms with Crippen molar-refractivity contribution >= 4 is 23.5 Å². The number of unbranched alkanes of at least 4 members (excludes halogenated alkanes) is 3. The standard InChI is InChI=1S/C20H24FNO6/c21-14-9-7-13(17(11-14)22(27)28)8-10-16-15(18(23)12-19(16)24)5-3-1-2-4-6-20(25)26/h7-11,15-16,19,24H,1-6,12H2,(H,25,26). The van der Waals surface area contributed by atoms with E-state index in [1.807, 2.05) is 0 Å². The van der Waals surface area contributed by atoms with Crippen molar-refractivity contribution in [3.05, 3.63) is 45.8 Å². The molecule has 8 heteroatoms. The molecule has 1 aromatic carbocycles. The fourth-order valence-corrected chi connectivity index (χ4v) is 3.62. The number of carboxylic acid groups (broad SMARTS) is 1. The van der Waals surface area contributed by atoms with Crippen LogP contribution in [0.3, 0.4) is 0 Å². The fourth-order valence-electron chi connectivity index (χ4n) is 3.62. The van der Waals surface area contributed by atoms with E-state index in [0.29, 0.717) is 12.8 Å². The van der Waals surface area contributed by atoms with Crippen molar-refractivity contribution in [1.82, 2.24) is 0 Å². The molecular weight excluding hydrogens is 369 g/mol. The van der Waals surface area contributed by atoms with E-state index in [4.69, 9.17) is 5.11 Å². The Bertz CT molecular complexity index is 763. The summed E-state index contributed by atoms with van der Waals surface area (Å²) in [5, 5.41) is 29.9. The molecule has 0 amide bonds. The van der Waals surface area contributed by atoms with E-state index in [0.717, 1.165) is 31.4 Å². The zero-order valence-electron chi connectivity index (χ0n) is 15.4. The lowest BCUT2D eigenvalue weighted by Crippen LogP contribution is -2.18. The van der Waals surface area contributed by atoms with E-state index in [1.54, 1.807) is 6.08 Å². The van der Waals surface area contributed by atoms with Gasteiger partial charge in [-0.1, -0.05) is 31.4 Å². The Morgan fingerprint density at radius 1 is 1.29 bits per heavy atom. The summed E-state index contributed by atoms with van der Waals surface area (Å²) >= 11 is 0. The number of carboxylic acids is 1. The molecule has 1 aliphatic carbocycles. The highest BCUT2D eigenvalue weighted by Crippen LogP contribution is 2.35. The largest absolute Gasteiger partial charge is 0.481 e. The van der Waals surface area contributed by atoms with Crippen molar-refractivity contribution < 1.29 is 29.1 Å². The molecule has 3 unspecified atom stereocenters. The van der Waals surface area contributed by atoms with Crippen LogP contribution in [0, 0.1) is 27.8 Å². The number of aliphatic hydroxyl groups is 1. The van der Waals surface area contributed by atoms with Crippen molar-refractivity contribution in [2.24, 2.45) is 11.8 Å². The van der Waals surface area contributed by atoms with Gasteiger partial charge in [0.15, 0.2) is 0 Å².